The van der Waals surface area contributed by atoms with E-state index in [1.54, 1.807) is 24.3 Å². The molecule has 0 spiro atoms. The topological polar surface area (TPSA) is 79.8 Å². The van der Waals surface area contributed by atoms with Crippen molar-refractivity contribution in [1.29, 1.82) is 0 Å². The number of carbonyl (C=O) groups excluding carboxylic acids is 1. The van der Waals surface area contributed by atoms with E-state index in [1.165, 1.54) is 16.4 Å². The lowest BCUT2D eigenvalue weighted by Gasteiger charge is -2.35. The largest absolute Gasteiger partial charge is 0.421 e. The van der Waals surface area contributed by atoms with Crippen LogP contribution in [0.15, 0.2) is 89.8 Å². The number of rotatable bonds is 5. The van der Waals surface area contributed by atoms with Gasteiger partial charge < -0.3 is 9.64 Å². The number of esters is 1. The van der Waals surface area contributed by atoms with Gasteiger partial charge in [0.1, 0.15) is 5.52 Å². The van der Waals surface area contributed by atoms with Gasteiger partial charge in [-0.2, -0.15) is 4.31 Å². The summed E-state index contributed by atoms with van der Waals surface area (Å²) in [6.07, 6.45) is 0. The van der Waals surface area contributed by atoms with Gasteiger partial charge in [0, 0.05) is 42.9 Å². The number of aryl methyl sites for hydroxylation is 1. The summed E-state index contributed by atoms with van der Waals surface area (Å²) in [5.41, 5.74) is 2.63. The highest BCUT2D eigenvalue weighted by atomic mass is 32.2. The van der Waals surface area contributed by atoms with Gasteiger partial charge in [-0.1, -0.05) is 42.5 Å². The number of hydrogen-bond donors (Lipinski definition) is 0. The molecule has 1 aliphatic heterocycles. The van der Waals surface area contributed by atoms with Gasteiger partial charge in [0.25, 0.3) is 0 Å². The Morgan fingerprint density at radius 1 is 0.857 bits per heavy atom. The minimum atomic E-state index is -3.75. The third kappa shape index (κ3) is 4.76. The van der Waals surface area contributed by atoms with Crippen LogP contribution in [-0.4, -0.2) is 49.9 Å². The molecule has 4 aromatic rings. The number of sulfonamides is 1. The van der Waals surface area contributed by atoms with E-state index in [9.17, 15) is 13.2 Å². The molecule has 2 heterocycles. The van der Waals surface area contributed by atoms with Crippen LogP contribution in [0.4, 0.5) is 5.69 Å². The molecule has 0 unspecified atom stereocenters. The molecule has 0 N–H and O–H groups in total. The maximum atomic E-state index is 13.3. The summed E-state index contributed by atoms with van der Waals surface area (Å²) in [7, 11) is -3.75. The second-order valence-electron chi connectivity index (χ2n) is 8.42. The zero-order chi connectivity index (χ0) is 24.4. The first-order chi connectivity index (χ1) is 16.9. The maximum Gasteiger partial charge on any atom is 0.343 e. The molecule has 0 radical (unpaired) electrons. The average molecular weight is 488 g/mol. The Hall–Kier alpha value is -3.75. The van der Waals surface area contributed by atoms with Gasteiger partial charge >= 0.3 is 5.97 Å². The fraction of sp³-hybridized carbons (Fsp3) is 0.185. The number of carbonyl (C=O) groups is 1. The second kappa shape index (κ2) is 9.48. The zero-order valence-corrected chi connectivity index (χ0v) is 20.1. The second-order valence-corrected chi connectivity index (χ2v) is 10.4. The summed E-state index contributed by atoms with van der Waals surface area (Å²) in [5, 5.41) is 0.854. The molecule has 3 aromatic carbocycles. The Balaban J connectivity index is 1.33. The van der Waals surface area contributed by atoms with Crippen molar-refractivity contribution in [3.05, 3.63) is 96.2 Å². The van der Waals surface area contributed by atoms with Crippen molar-refractivity contribution in [3.63, 3.8) is 0 Å². The van der Waals surface area contributed by atoms with E-state index in [2.05, 4.69) is 9.88 Å². The van der Waals surface area contributed by atoms with Crippen LogP contribution in [0.5, 0.6) is 5.75 Å². The summed E-state index contributed by atoms with van der Waals surface area (Å²) in [4.78, 5) is 19.7. The van der Waals surface area contributed by atoms with E-state index >= 15 is 0 Å². The fourth-order valence-corrected chi connectivity index (χ4v) is 5.69. The molecule has 1 aliphatic rings. The number of para-hydroxylation sites is 2. The monoisotopic (exact) mass is 487 g/mol. The van der Waals surface area contributed by atoms with Gasteiger partial charge in [-0.25, -0.2) is 18.2 Å². The molecule has 0 amide bonds. The van der Waals surface area contributed by atoms with E-state index in [4.69, 9.17) is 4.74 Å². The van der Waals surface area contributed by atoms with E-state index < -0.39 is 16.0 Å². The molecule has 7 nitrogen and oxygen atoms in total. The molecule has 1 fully saturated rings. The first kappa shape index (κ1) is 23.0. The average Bonchev–Trinajstić information content (AvgIpc) is 2.89. The minimum Gasteiger partial charge on any atom is -0.421 e. The van der Waals surface area contributed by atoms with Gasteiger partial charge in [0.05, 0.1) is 10.5 Å². The lowest BCUT2D eigenvalue weighted by molar-refractivity contribution is 0.0736. The van der Waals surface area contributed by atoms with E-state index in [0.717, 1.165) is 16.8 Å². The van der Waals surface area contributed by atoms with Gasteiger partial charge in [0.15, 0.2) is 5.75 Å². The first-order valence-corrected chi connectivity index (χ1v) is 12.8. The van der Waals surface area contributed by atoms with Gasteiger partial charge in [-0.3, -0.25) is 0 Å². The molecule has 0 saturated carbocycles. The predicted octanol–water partition coefficient (Wildman–Crippen LogP) is 4.27. The highest BCUT2D eigenvalue weighted by Gasteiger charge is 2.29. The number of anilines is 1. The van der Waals surface area contributed by atoms with Gasteiger partial charge in [-0.05, 0) is 49.4 Å². The summed E-state index contributed by atoms with van der Waals surface area (Å²) >= 11 is 0. The van der Waals surface area contributed by atoms with Crippen molar-refractivity contribution < 1.29 is 17.9 Å². The summed E-state index contributed by atoms with van der Waals surface area (Å²) in [6.45, 7) is 3.79. The smallest absolute Gasteiger partial charge is 0.343 e. The molecule has 1 aromatic heterocycles. The fourth-order valence-electron chi connectivity index (χ4n) is 4.22. The maximum absolute atomic E-state index is 13.3. The zero-order valence-electron chi connectivity index (χ0n) is 19.3. The number of piperazine rings is 1. The quantitative estimate of drug-likeness (QED) is 0.309. The number of benzene rings is 3. The van der Waals surface area contributed by atoms with Crippen molar-refractivity contribution in [1.82, 2.24) is 9.29 Å². The van der Waals surface area contributed by atoms with Crippen LogP contribution in [0.3, 0.4) is 0 Å². The van der Waals surface area contributed by atoms with Crippen LogP contribution in [0, 0.1) is 6.92 Å². The normalized spacial score (nSPS) is 14.7. The molecule has 0 atom stereocenters. The third-order valence-corrected chi connectivity index (χ3v) is 7.99. The lowest BCUT2D eigenvalue weighted by atomic mass is 10.2. The van der Waals surface area contributed by atoms with Crippen LogP contribution in [0.2, 0.25) is 0 Å². The molecule has 178 valence electrons. The molecule has 5 rings (SSSR count). The van der Waals surface area contributed by atoms with E-state index in [1.807, 2.05) is 55.5 Å². The van der Waals surface area contributed by atoms with Crippen molar-refractivity contribution in [2.75, 3.05) is 31.1 Å². The molecular weight excluding hydrogens is 462 g/mol. The van der Waals surface area contributed by atoms with Crippen LogP contribution < -0.4 is 9.64 Å². The lowest BCUT2D eigenvalue weighted by Crippen LogP contribution is -2.48. The number of hydrogen-bond acceptors (Lipinski definition) is 6. The Morgan fingerprint density at radius 2 is 1.60 bits per heavy atom. The number of ether oxygens (including phenoxy) is 1. The predicted molar refractivity (Wildman–Crippen MR) is 135 cm³/mol. The Kier molecular flexibility index (Phi) is 6.23. The van der Waals surface area contributed by atoms with Crippen LogP contribution in [0.1, 0.15) is 16.1 Å². The first-order valence-electron chi connectivity index (χ1n) is 11.4. The van der Waals surface area contributed by atoms with Crippen molar-refractivity contribution in [3.8, 4) is 5.75 Å². The Morgan fingerprint density at radius 3 is 2.37 bits per heavy atom. The van der Waals surface area contributed by atoms with Crippen molar-refractivity contribution in [2.24, 2.45) is 0 Å². The van der Waals surface area contributed by atoms with Crippen LogP contribution >= 0.6 is 0 Å². The highest BCUT2D eigenvalue weighted by molar-refractivity contribution is 7.89. The standard InChI is InChI=1S/C27H25N3O4S/c1-20-13-14-21-7-6-12-25(26(21)28-20)34-27(31)22-8-5-11-24(19-22)35(32,33)30-17-15-29(16-18-30)23-9-3-2-4-10-23/h2-14,19H,15-18H2,1H3. The highest BCUT2D eigenvalue weighted by Crippen LogP contribution is 2.26. The summed E-state index contributed by atoms with van der Waals surface area (Å²) in [6, 6.07) is 25.1. The van der Waals surface area contributed by atoms with Crippen molar-refractivity contribution >= 4 is 32.6 Å². The number of nitrogens with zero attached hydrogens (tertiary/aromatic N) is 3. The number of fused-ring (bicyclic) bond motifs is 1. The van der Waals surface area contributed by atoms with E-state index in [0.29, 0.717) is 37.4 Å². The molecule has 35 heavy (non-hydrogen) atoms. The van der Waals surface area contributed by atoms with Crippen molar-refractivity contribution in [2.45, 2.75) is 11.8 Å². The third-order valence-electron chi connectivity index (χ3n) is 6.09. The van der Waals surface area contributed by atoms with Gasteiger partial charge in [0.2, 0.25) is 10.0 Å². The Bertz CT molecular complexity index is 1480. The van der Waals surface area contributed by atoms with Crippen LogP contribution in [0.25, 0.3) is 10.9 Å². The Labute approximate surface area is 204 Å². The molecule has 0 bridgehead atoms. The number of pyridine rings is 1. The summed E-state index contributed by atoms with van der Waals surface area (Å²) < 4.78 is 33.7. The minimum absolute atomic E-state index is 0.0759. The van der Waals surface area contributed by atoms with Gasteiger partial charge in [-0.15, -0.1) is 0 Å². The molecule has 0 aliphatic carbocycles. The SMILES string of the molecule is Cc1ccc2cccc(OC(=O)c3cccc(S(=O)(=O)N4CCN(c5ccccc5)CC4)c3)c2n1. The number of aromatic nitrogens is 1. The molecular formula is C27H25N3O4S. The molecule has 1 saturated heterocycles. The molecule has 8 heteroatoms. The van der Waals surface area contributed by atoms with Crippen LogP contribution in [-0.2, 0) is 10.0 Å². The van der Waals surface area contributed by atoms with E-state index in [-0.39, 0.29) is 10.5 Å². The summed E-state index contributed by atoms with van der Waals surface area (Å²) in [5.74, 6) is -0.298.